The van der Waals surface area contributed by atoms with Crippen molar-refractivity contribution in [1.82, 2.24) is 14.6 Å². The zero-order valence-electron chi connectivity index (χ0n) is 15.5. The van der Waals surface area contributed by atoms with Gasteiger partial charge < -0.3 is 9.47 Å². The lowest BCUT2D eigenvalue weighted by Crippen LogP contribution is -2.31. The molecule has 2 aromatic carbocycles. The Morgan fingerprint density at radius 1 is 1.07 bits per heavy atom. The van der Waals surface area contributed by atoms with Crippen molar-refractivity contribution < 1.29 is 17.9 Å². The average molecular weight is 443 g/mol. The molecule has 0 spiro atoms. The summed E-state index contributed by atoms with van der Waals surface area (Å²) in [5.41, 5.74) is 1.66. The Morgan fingerprint density at radius 2 is 1.90 bits per heavy atom. The van der Waals surface area contributed by atoms with Crippen LogP contribution in [0.2, 0.25) is 5.02 Å². The summed E-state index contributed by atoms with van der Waals surface area (Å²) >= 11 is 6.32. The molecular weight excluding hydrogens is 428 g/mol. The Kier molecular flexibility index (Phi) is 4.48. The normalized spacial score (nSPS) is 13.0. The SMILES string of the molecule is O=S(=O)(c1ccc2nncn2c1)N(Cc1ccccc1Cl)c1ccc2c(c1)OCO2. The number of ether oxygens (including phenoxy) is 2. The van der Waals surface area contributed by atoms with Gasteiger partial charge in [-0.1, -0.05) is 29.8 Å². The predicted molar refractivity (Wildman–Crippen MR) is 110 cm³/mol. The van der Waals surface area contributed by atoms with Gasteiger partial charge in [0, 0.05) is 17.3 Å². The van der Waals surface area contributed by atoms with Gasteiger partial charge in [-0.15, -0.1) is 10.2 Å². The van der Waals surface area contributed by atoms with E-state index < -0.39 is 10.0 Å². The van der Waals surface area contributed by atoms with Crippen LogP contribution in [0, 0.1) is 0 Å². The maximum atomic E-state index is 13.7. The first-order valence-electron chi connectivity index (χ1n) is 8.97. The number of hydrogen-bond donors (Lipinski definition) is 0. The largest absolute Gasteiger partial charge is 0.454 e. The van der Waals surface area contributed by atoms with Crippen LogP contribution >= 0.6 is 11.6 Å². The van der Waals surface area contributed by atoms with Crippen LogP contribution < -0.4 is 13.8 Å². The minimum atomic E-state index is -3.95. The second-order valence-electron chi connectivity index (χ2n) is 6.60. The fraction of sp³-hybridized carbons (Fsp3) is 0.100. The Morgan fingerprint density at radius 3 is 2.77 bits per heavy atom. The van der Waals surface area contributed by atoms with Crippen molar-refractivity contribution in [3.8, 4) is 11.5 Å². The lowest BCUT2D eigenvalue weighted by molar-refractivity contribution is 0.174. The maximum Gasteiger partial charge on any atom is 0.266 e. The van der Waals surface area contributed by atoms with Gasteiger partial charge in [0.25, 0.3) is 10.0 Å². The summed E-state index contributed by atoms with van der Waals surface area (Å²) in [4.78, 5) is 0.0968. The van der Waals surface area contributed by atoms with Crippen LogP contribution in [-0.2, 0) is 16.6 Å². The Hall–Kier alpha value is -3.30. The first-order valence-corrected chi connectivity index (χ1v) is 10.8. The monoisotopic (exact) mass is 442 g/mol. The van der Waals surface area contributed by atoms with Crippen molar-refractivity contribution >= 4 is 33.0 Å². The summed E-state index contributed by atoms with van der Waals surface area (Å²) in [6, 6.07) is 15.3. The van der Waals surface area contributed by atoms with E-state index in [4.69, 9.17) is 21.1 Å². The van der Waals surface area contributed by atoms with E-state index >= 15 is 0 Å². The lowest BCUT2D eigenvalue weighted by atomic mass is 10.2. The third kappa shape index (κ3) is 3.21. The average Bonchev–Trinajstić information content (AvgIpc) is 3.41. The van der Waals surface area contributed by atoms with Gasteiger partial charge in [0.05, 0.1) is 12.2 Å². The lowest BCUT2D eigenvalue weighted by Gasteiger charge is -2.25. The number of anilines is 1. The molecule has 0 saturated carbocycles. The van der Waals surface area contributed by atoms with Crippen molar-refractivity contribution in [2.75, 3.05) is 11.1 Å². The van der Waals surface area contributed by atoms with Crippen LogP contribution in [-0.4, -0.2) is 29.8 Å². The van der Waals surface area contributed by atoms with Gasteiger partial charge >= 0.3 is 0 Å². The van der Waals surface area contributed by atoms with Crippen molar-refractivity contribution in [3.63, 3.8) is 0 Å². The highest BCUT2D eigenvalue weighted by Crippen LogP contribution is 2.38. The molecule has 10 heteroatoms. The number of aromatic nitrogens is 3. The number of benzene rings is 2. The zero-order chi connectivity index (χ0) is 20.7. The van der Waals surface area contributed by atoms with E-state index in [-0.39, 0.29) is 18.2 Å². The maximum absolute atomic E-state index is 13.7. The molecule has 0 atom stereocenters. The van der Waals surface area contributed by atoms with E-state index in [2.05, 4.69) is 10.2 Å². The van der Waals surface area contributed by atoms with Crippen LogP contribution in [0.3, 0.4) is 0 Å². The van der Waals surface area contributed by atoms with Gasteiger partial charge in [-0.05, 0) is 35.9 Å². The summed E-state index contributed by atoms with van der Waals surface area (Å²) in [5.74, 6) is 1.06. The molecule has 152 valence electrons. The smallest absolute Gasteiger partial charge is 0.266 e. The Bertz CT molecular complexity index is 1360. The van der Waals surface area contributed by atoms with E-state index in [9.17, 15) is 8.42 Å². The molecule has 0 N–H and O–H groups in total. The second-order valence-corrected chi connectivity index (χ2v) is 8.87. The number of halogens is 1. The first-order chi connectivity index (χ1) is 14.5. The molecular formula is C20H15ClN4O4S. The molecule has 0 aliphatic carbocycles. The highest BCUT2D eigenvalue weighted by atomic mass is 35.5. The number of pyridine rings is 1. The number of sulfonamides is 1. The molecule has 0 radical (unpaired) electrons. The molecule has 3 heterocycles. The van der Waals surface area contributed by atoms with E-state index in [1.54, 1.807) is 46.9 Å². The highest BCUT2D eigenvalue weighted by Gasteiger charge is 2.28. The molecule has 0 saturated heterocycles. The summed E-state index contributed by atoms with van der Waals surface area (Å²) in [5, 5.41) is 8.20. The number of rotatable bonds is 5. The fourth-order valence-corrected chi connectivity index (χ4v) is 4.86. The topological polar surface area (TPSA) is 86.0 Å². The predicted octanol–water partition coefficient (Wildman–Crippen LogP) is 3.51. The molecule has 0 amide bonds. The second kappa shape index (κ2) is 7.19. The van der Waals surface area contributed by atoms with Crippen molar-refractivity contribution in [2.24, 2.45) is 0 Å². The van der Waals surface area contributed by atoms with Crippen LogP contribution in [0.1, 0.15) is 5.56 Å². The number of nitrogens with zero attached hydrogens (tertiary/aromatic N) is 4. The summed E-state index contributed by atoms with van der Waals surface area (Å²) < 4.78 is 41.0. The fourth-order valence-electron chi connectivity index (χ4n) is 3.22. The molecule has 1 aliphatic rings. The summed E-state index contributed by atoms with van der Waals surface area (Å²) in [6.07, 6.45) is 2.94. The van der Waals surface area contributed by atoms with Gasteiger partial charge in [-0.2, -0.15) is 0 Å². The molecule has 0 bridgehead atoms. The molecule has 4 aromatic rings. The minimum Gasteiger partial charge on any atom is -0.454 e. The molecule has 2 aromatic heterocycles. The third-order valence-corrected chi connectivity index (χ3v) is 6.89. The standard InChI is InChI=1S/C20H15ClN4O4S/c21-17-4-2-1-3-14(17)10-25(15-5-7-18-19(9-15)29-13-28-18)30(26,27)16-6-8-20-23-22-12-24(20)11-16/h1-9,11-12H,10,13H2. The molecule has 0 fully saturated rings. The number of hydrogen-bond acceptors (Lipinski definition) is 6. The van der Waals surface area contributed by atoms with E-state index in [1.165, 1.54) is 22.9 Å². The molecule has 5 rings (SSSR count). The Labute approximate surface area is 177 Å². The van der Waals surface area contributed by atoms with Gasteiger partial charge in [0.1, 0.15) is 11.2 Å². The highest BCUT2D eigenvalue weighted by molar-refractivity contribution is 7.92. The third-order valence-electron chi connectivity index (χ3n) is 4.77. The van der Waals surface area contributed by atoms with Gasteiger partial charge in [0.15, 0.2) is 17.1 Å². The summed E-state index contributed by atoms with van der Waals surface area (Å²) in [7, 11) is -3.95. The minimum absolute atomic E-state index is 0.0435. The van der Waals surface area contributed by atoms with E-state index in [1.807, 2.05) is 6.07 Å². The van der Waals surface area contributed by atoms with E-state index in [0.717, 1.165) is 0 Å². The zero-order valence-corrected chi connectivity index (χ0v) is 17.0. The van der Waals surface area contributed by atoms with Crippen molar-refractivity contribution in [3.05, 3.63) is 77.7 Å². The van der Waals surface area contributed by atoms with Crippen LogP contribution in [0.5, 0.6) is 11.5 Å². The van der Waals surface area contributed by atoms with Gasteiger partial charge in [-0.25, -0.2) is 8.42 Å². The van der Waals surface area contributed by atoms with Crippen molar-refractivity contribution in [2.45, 2.75) is 11.4 Å². The molecule has 0 unspecified atom stereocenters. The number of fused-ring (bicyclic) bond motifs is 2. The van der Waals surface area contributed by atoms with Crippen molar-refractivity contribution in [1.29, 1.82) is 0 Å². The van der Waals surface area contributed by atoms with Gasteiger partial charge in [0.2, 0.25) is 6.79 Å². The van der Waals surface area contributed by atoms with Gasteiger partial charge in [-0.3, -0.25) is 8.71 Å². The van der Waals surface area contributed by atoms with Crippen LogP contribution in [0.15, 0.2) is 72.0 Å². The summed E-state index contributed by atoms with van der Waals surface area (Å²) in [6.45, 7) is 0.141. The molecule has 8 nitrogen and oxygen atoms in total. The van der Waals surface area contributed by atoms with Crippen LogP contribution in [0.25, 0.3) is 5.65 Å². The first kappa shape index (κ1) is 18.7. The Balaban J connectivity index is 1.63. The van der Waals surface area contributed by atoms with E-state index in [0.29, 0.717) is 33.4 Å². The molecule has 1 aliphatic heterocycles. The van der Waals surface area contributed by atoms with Crippen LogP contribution in [0.4, 0.5) is 5.69 Å². The quantitative estimate of drug-likeness (QED) is 0.470. The molecule has 30 heavy (non-hydrogen) atoms.